The lowest BCUT2D eigenvalue weighted by Gasteiger charge is -2.09. The molecule has 0 aliphatic rings. The van der Waals surface area contributed by atoms with Gasteiger partial charge in [-0.3, -0.25) is 9.59 Å². The quantitative estimate of drug-likeness (QED) is 0.325. The number of benzene rings is 2. The van der Waals surface area contributed by atoms with Crippen LogP contribution in [0.15, 0.2) is 65.6 Å². The molecule has 0 fully saturated rings. The molecule has 0 atom stereocenters. The number of rotatable bonds is 7. The fourth-order valence-electron chi connectivity index (χ4n) is 3.14. The van der Waals surface area contributed by atoms with Crippen LogP contribution in [0.2, 0.25) is 0 Å². The molecule has 4 nitrogen and oxygen atoms in total. The van der Waals surface area contributed by atoms with Gasteiger partial charge in [0.2, 0.25) is 5.78 Å². The van der Waals surface area contributed by atoms with E-state index in [4.69, 9.17) is 4.74 Å². The zero-order chi connectivity index (χ0) is 20.1. The molecule has 0 saturated carbocycles. The van der Waals surface area contributed by atoms with Crippen molar-refractivity contribution in [1.29, 1.82) is 0 Å². The van der Waals surface area contributed by atoms with Crippen LogP contribution in [0.4, 0.5) is 0 Å². The van der Waals surface area contributed by atoms with Crippen molar-refractivity contribution in [1.82, 2.24) is 4.57 Å². The summed E-state index contributed by atoms with van der Waals surface area (Å²) in [5, 5.41) is 0. The number of aryl methyl sites for hydroxylation is 2. The van der Waals surface area contributed by atoms with E-state index in [1.165, 1.54) is 11.8 Å². The molecule has 0 spiro atoms. The first-order valence-corrected chi connectivity index (χ1v) is 10.1. The first kappa shape index (κ1) is 20.0. The number of esters is 1. The van der Waals surface area contributed by atoms with E-state index < -0.39 is 5.97 Å². The molecule has 0 unspecified atom stereocenters. The molecule has 144 valence electrons. The van der Waals surface area contributed by atoms with Crippen LogP contribution in [0.5, 0.6) is 0 Å². The number of carbonyl (C=O) groups excluding carboxylic acids is 2. The Hall–Kier alpha value is -2.79. The third kappa shape index (κ3) is 4.54. The third-order valence-electron chi connectivity index (χ3n) is 4.55. The molecule has 1 heterocycles. The minimum atomic E-state index is -0.390. The SMILES string of the molecule is Cc1ccccc1SCC(=O)OCC(=O)c1cc(C)n(-c2ccccc2)c1C. The third-order valence-corrected chi connectivity index (χ3v) is 5.70. The van der Waals surface area contributed by atoms with Gasteiger partial charge in [-0.1, -0.05) is 36.4 Å². The van der Waals surface area contributed by atoms with Crippen LogP contribution in [-0.2, 0) is 9.53 Å². The van der Waals surface area contributed by atoms with Crippen LogP contribution in [-0.4, -0.2) is 28.7 Å². The van der Waals surface area contributed by atoms with Crippen LogP contribution in [0, 0.1) is 20.8 Å². The summed E-state index contributed by atoms with van der Waals surface area (Å²) in [5.74, 6) is -0.399. The summed E-state index contributed by atoms with van der Waals surface area (Å²) in [6.07, 6.45) is 0. The number of hydrogen-bond acceptors (Lipinski definition) is 4. The van der Waals surface area contributed by atoms with Gasteiger partial charge in [-0.15, -0.1) is 11.8 Å². The van der Waals surface area contributed by atoms with Gasteiger partial charge in [0, 0.05) is 27.5 Å². The van der Waals surface area contributed by atoms with Gasteiger partial charge in [0.1, 0.15) is 0 Å². The van der Waals surface area contributed by atoms with Crippen molar-refractivity contribution < 1.29 is 14.3 Å². The molecule has 0 amide bonds. The van der Waals surface area contributed by atoms with Crippen molar-refractivity contribution in [3.05, 3.63) is 83.2 Å². The Labute approximate surface area is 169 Å². The molecular weight excluding hydrogens is 370 g/mol. The van der Waals surface area contributed by atoms with Gasteiger partial charge >= 0.3 is 5.97 Å². The van der Waals surface area contributed by atoms with Gasteiger partial charge in [0.25, 0.3) is 0 Å². The highest BCUT2D eigenvalue weighted by Gasteiger charge is 2.18. The van der Waals surface area contributed by atoms with Crippen LogP contribution in [0.3, 0.4) is 0 Å². The maximum absolute atomic E-state index is 12.6. The Kier molecular flexibility index (Phi) is 6.37. The van der Waals surface area contributed by atoms with Gasteiger partial charge in [-0.25, -0.2) is 0 Å². The second-order valence-electron chi connectivity index (χ2n) is 6.59. The highest BCUT2D eigenvalue weighted by Crippen LogP contribution is 2.23. The Morgan fingerprint density at radius 3 is 2.36 bits per heavy atom. The summed E-state index contributed by atoms with van der Waals surface area (Å²) in [5.41, 5.74) is 4.51. The standard InChI is InChI=1S/C23H23NO3S/c1-16-9-7-8-12-22(16)28-15-23(26)27-14-21(25)20-13-17(2)24(18(20)3)19-10-5-4-6-11-19/h4-13H,14-15H2,1-3H3. The number of Topliss-reactive ketones (excluding diaryl/α,β-unsaturated/α-hetero) is 1. The molecule has 3 rings (SSSR count). The topological polar surface area (TPSA) is 48.3 Å². The Morgan fingerprint density at radius 1 is 0.964 bits per heavy atom. The molecule has 28 heavy (non-hydrogen) atoms. The molecule has 0 aliphatic heterocycles. The maximum atomic E-state index is 12.6. The molecule has 2 aromatic carbocycles. The van der Waals surface area contributed by atoms with E-state index in [2.05, 4.69) is 0 Å². The van der Waals surface area contributed by atoms with Crippen LogP contribution in [0.25, 0.3) is 5.69 Å². The van der Waals surface area contributed by atoms with Crippen LogP contribution in [0.1, 0.15) is 27.3 Å². The minimum Gasteiger partial charge on any atom is -0.457 e. The van der Waals surface area contributed by atoms with Gasteiger partial charge in [0.05, 0.1) is 5.75 Å². The Morgan fingerprint density at radius 2 is 1.64 bits per heavy atom. The van der Waals surface area contributed by atoms with Crippen molar-refractivity contribution in [2.45, 2.75) is 25.7 Å². The van der Waals surface area contributed by atoms with E-state index in [0.717, 1.165) is 27.5 Å². The lowest BCUT2D eigenvalue weighted by Crippen LogP contribution is -2.16. The summed E-state index contributed by atoms with van der Waals surface area (Å²) in [4.78, 5) is 25.7. The molecule has 0 aliphatic carbocycles. The highest BCUT2D eigenvalue weighted by atomic mass is 32.2. The lowest BCUT2D eigenvalue weighted by atomic mass is 10.1. The smallest absolute Gasteiger partial charge is 0.316 e. The normalized spacial score (nSPS) is 10.7. The van der Waals surface area contributed by atoms with Gasteiger partial charge in [-0.05, 0) is 50.6 Å². The van der Waals surface area contributed by atoms with E-state index in [1.54, 1.807) is 0 Å². The minimum absolute atomic E-state index is 0.182. The number of hydrogen-bond donors (Lipinski definition) is 0. The monoisotopic (exact) mass is 393 g/mol. The molecule has 3 aromatic rings. The fraction of sp³-hybridized carbons (Fsp3) is 0.217. The van der Waals surface area contributed by atoms with Crippen LogP contribution < -0.4 is 0 Å². The molecular formula is C23H23NO3S. The predicted molar refractivity (Wildman–Crippen MR) is 112 cm³/mol. The molecule has 5 heteroatoms. The second-order valence-corrected chi connectivity index (χ2v) is 7.61. The lowest BCUT2D eigenvalue weighted by molar-refractivity contribution is -0.139. The maximum Gasteiger partial charge on any atom is 0.316 e. The number of thioether (sulfide) groups is 1. The molecule has 0 saturated heterocycles. The Bertz CT molecular complexity index is 992. The summed E-state index contributed by atoms with van der Waals surface area (Å²) >= 11 is 1.42. The zero-order valence-electron chi connectivity index (χ0n) is 16.3. The largest absolute Gasteiger partial charge is 0.457 e. The summed E-state index contributed by atoms with van der Waals surface area (Å²) < 4.78 is 7.24. The molecule has 0 bridgehead atoms. The van der Waals surface area contributed by atoms with E-state index in [-0.39, 0.29) is 18.1 Å². The summed E-state index contributed by atoms with van der Waals surface area (Å²) in [6, 6.07) is 19.6. The second kappa shape index (κ2) is 8.93. The van der Waals surface area contributed by atoms with Gasteiger partial charge in [-0.2, -0.15) is 0 Å². The number of carbonyl (C=O) groups is 2. The summed E-state index contributed by atoms with van der Waals surface area (Å²) in [7, 11) is 0. The zero-order valence-corrected chi connectivity index (χ0v) is 17.1. The number of para-hydroxylation sites is 1. The van der Waals surface area contributed by atoms with Crippen molar-refractivity contribution in [2.24, 2.45) is 0 Å². The highest BCUT2D eigenvalue weighted by molar-refractivity contribution is 8.00. The molecule has 1 aromatic heterocycles. The van der Waals surface area contributed by atoms with Crippen molar-refractivity contribution in [2.75, 3.05) is 12.4 Å². The van der Waals surface area contributed by atoms with Crippen molar-refractivity contribution >= 4 is 23.5 Å². The predicted octanol–water partition coefficient (Wildman–Crippen LogP) is 4.92. The number of ketones is 1. The number of aromatic nitrogens is 1. The molecule has 0 N–H and O–H groups in total. The van der Waals surface area contributed by atoms with Crippen molar-refractivity contribution in [3.63, 3.8) is 0 Å². The fourth-order valence-corrected chi connectivity index (χ4v) is 3.97. The summed E-state index contributed by atoms with van der Waals surface area (Å²) in [6.45, 7) is 5.62. The average molecular weight is 394 g/mol. The number of ether oxygens (including phenoxy) is 1. The van der Waals surface area contributed by atoms with E-state index >= 15 is 0 Å². The van der Waals surface area contributed by atoms with Crippen LogP contribution >= 0.6 is 11.8 Å². The number of nitrogens with zero attached hydrogens (tertiary/aromatic N) is 1. The van der Waals surface area contributed by atoms with E-state index in [9.17, 15) is 9.59 Å². The van der Waals surface area contributed by atoms with Gasteiger partial charge < -0.3 is 9.30 Å². The Balaban J connectivity index is 1.61. The molecule has 0 radical (unpaired) electrons. The first-order valence-electron chi connectivity index (χ1n) is 9.09. The van der Waals surface area contributed by atoms with Gasteiger partial charge in [0.15, 0.2) is 6.61 Å². The van der Waals surface area contributed by atoms with Crippen molar-refractivity contribution in [3.8, 4) is 5.69 Å². The van der Waals surface area contributed by atoms with E-state index in [0.29, 0.717) is 5.56 Å². The first-order chi connectivity index (χ1) is 13.5. The average Bonchev–Trinajstić information content (AvgIpc) is 3.00. The van der Waals surface area contributed by atoms with E-state index in [1.807, 2.05) is 86.0 Å².